The van der Waals surface area contributed by atoms with Crippen LogP contribution in [0.3, 0.4) is 0 Å². The van der Waals surface area contributed by atoms with Crippen LogP contribution < -0.4 is 0 Å². The van der Waals surface area contributed by atoms with E-state index in [9.17, 15) is 0 Å². The van der Waals surface area contributed by atoms with Gasteiger partial charge >= 0.3 is 0 Å². The minimum Gasteiger partial charge on any atom is -0.304 e. The van der Waals surface area contributed by atoms with Crippen molar-refractivity contribution >= 4 is 0 Å². The summed E-state index contributed by atoms with van der Waals surface area (Å²) >= 11 is 0. The third-order valence-corrected chi connectivity index (χ3v) is 6.73. The molecular formula is C21H43N3. The molecule has 24 heavy (non-hydrogen) atoms. The predicted molar refractivity (Wildman–Crippen MR) is 106 cm³/mol. The molecule has 0 N–H and O–H groups in total. The van der Waals surface area contributed by atoms with Crippen LogP contribution in [0.5, 0.6) is 0 Å². The molecule has 2 atom stereocenters. The summed E-state index contributed by atoms with van der Waals surface area (Å²) in [5, 5.41) is 0. The third-order valence-electron chi connectivity index (χ3n) is 6.73. The van der Waals surface area contributed by atoms with Crippen molar-refractivity contribution in [1.29, 1.82) is 0 Å². The quantitative estimate of drug-likeness (QED) is 0.600. The second-order valence-electron chi connectivity index (χ2n) is 9.08. The molecule has 0 bridgehead atoms. The van der Waals surface area contributed by atoms with E-state index in [1.165, 1.54) is 84.5 Å². The Hall–Kier alpha value is -0.120. The van der Waals surface area contributed by atoms with E-state index in [4.69, 9.17) is 0 Å². The second-order valence-corrected chi connectivity index (χ2v) is 9.08. The third kappa shape index (κ3) is 6.00. The van der Waals surface area contributed by atoms with Crippen LogP contribution in [0.15, 0.2) is 0 Å². The van der Waals surface area contributed by atoms with E-state index in [-0.39, 0.29) is 0 Å². The number of nitrogens with zero attached hydrogens (tertiary/aromatic N) is 3. The highest BCUT2D eigenvalue weighted by atomic mass is 15.3. The van der Waals surface area contributed by atoms with Crippen LogP contribution >= 0.6 is 0 Å². The highest BCUT2D eigenvalue weighted by molar-refractivity contribution is 4.86. The Morgan fingerprint density at radius 1 is 1.00 bits per heavy atom. The Bertz CT molecular complexity index is 345. The lowest BCUT2D eigenvalue weighted by atomic mass is 9.74. The second kappa shape index (κ2) is 9.54. The van der Waals surface area contributed by atoms with Crippen LogP contribution in [0, 0.1) is 17.3 Å². The molecule has 2 aliphatic heterocycles. The monoisotopic (exact) mass is 337 g/mol. The van der Waals surface area contributed by atoms with Gasteiger partial charge < -0.3 is 14.7 Å². The van der Waals surface area contributed by atoms with Crippen molar-refractivity contribution in [2.75, 3.05) is 59.4 Å². The molecule has 0 aliphatic carbocycles. The van der Waals surface area contributed by atoms with Gasteiger partial charge in [-0.2, -0.15) is 0 Å². The molecule has 3 nitrogen and oxygen atoms in total. The lowest BCUT2D eigenvalue weighted by Crippen LogP contribution is -2.55. The zero-order valence-corrected chi connectivity index (χ0v) is 17.2. The van der Waals surface area contributed by atoms with Gasteiger partial charge in [0.1, 0.15) is 0 Å². The van der Waals surface area contributed by atoms with Gasteiger partial charge in [-0.1, -0.05) is 47.0 Å². The molecule has 2 unspecified atom stereocenters. The van der Waals surface area contributed by atoms with E-state index >= 15 is 0 Å². The van der Waals surface area contributed by atoms with Crippen LogP contribution in [0.25, 0.3) is 0 Å². The number of piperazine rings is 1. The topological polar surface area (TPSA) is 9.72 Å². The number of hydrogen-bond donors (Lipinski definition) is 0. The van der Waals surface area contributed by atoms with Crippen molar-refractivity contribution in [3.05, 3.63) is 0 Å². The van der Waals surface area contributed by atoms with Gasteiger partial charge in [-0.15, -0.1) is 0 Å². The molecule has 2 saturated heterocycles. The molecule has 0 spiro atoms. The Morgan fingerprint density at radius 3 is 2.21 bits per heavy atom. The van der Waals surface area contributed by atoms with E-state index in [2.05, 4.69) is 49.4 Å². The maximum atomic E-state index is 2.73. The molecule has 0 aromatic heterocycles. The van der Waals surface area contributed by atoms with E-state index in [0.29, 0.717) is 5.41 Å². The van der Waals surface area contributed by atoms with Crippen LogP contribution in [0.1, 0.15) is 59.8 Å². The Labute approximate surface area is 151 Å². The molecule has 2 aliphatic rings. The number of rotatable bonds is 10. The summed E-state index contributed by atoms with van der Waals surface area (Å²) in [6.07, 6.45) is 6.83. The Kier molecular flexibility index (Phi) is 8.03. The van der Waals surface area contributed by atoms with Crippen molar-refractivity contribution in [3.63, 3.8) is 0 Å². The summed E-state index contributed by atoms with van der Waals surface area (Å²) in [5.41, 5.74) is 0.569. The lowest BCUT2D eigenvalue weighted by Gasteiger charge is -2.45. The normalized spacial score (nSPS) is 25.4. The molecule has 3 heteroatoms. The summed E-state index contributed by atoms with van der Waals surface area (Å²) in [4.78, 5) is 7.88. The highest BCUT2D eigenvalue weighted by Gasteiger charge is 2.32. The first-order valence-corrected chi connectivity index (χ1v) is 10.6. The van der Waals surface area contributed by atoms with Crippen molar-refractivity contribution in [3.8, 4) is 0 Å². The largest absolute Gasteiger partial charge is 0.304 e. The molecule has 0 aromatic carbocycles. The molecule has 2 fully saturated rings. The minimum atomic E-state index is 0.569. The fraction of sp³-hybridized carbons (Fsp3) is 1.00. The SMILES string of the molecule is CCCC(C)(CC)CC(CC)CN1CC(CN2CCN(C)CC2)C1. The van der Waals surface area contributed by atoms with Gasteiger partial charge in [0.2, 0.25) is 0 Å². The number of likely N-dealkylation sites (tertiary alicyclic amines) is 1. The first kappa shape index (κ1) is 20.2. The number of hydrogen-bond acceptors (Lipinski definition) is 3. The van der Waals surface area contributed by atoms with Crippen LogP contribution in [-0.4, -0.2) is 74.1 Å². The van der Waals surface area contributed by atoms with Crippen LogP contribution in [0.4, 0.5) is 0 Å². The molecule has 0 saturated carbocycles. The van der Waals surface area contributed by atoms with E-state index in [1.807, 2.05) is 0 Å². The first-order chi connectivity index (χ1) is 11.5. The van der Waals surface area contributed by atoms with Gasteiger partial charge in [-0.25, -0.2) is 0 Å². The maximum absolute atomic E-state index is 2.73. The lowest BCUT2D eigenvalue weighted by molar-refractivity contribution is 0.0330. The first-order valence-electron chi connectivity index (χ1n) is 10.6. The molecule has 0 aromatic rings. The molecule has 2 rings (SSSR count). The van der Waals surface area contributed by atoms with Crippen molar-refractivity contribution < 1.29 is 0 Å². The number of likely N-dealkylation sites (N-methyl/N-ethyl adjacent to an activating group) is 1. The fourth-order valence-corrected chi connectivity index (χ4v) is 4.76. The van der Waals surface area contributed by atoms with E-state index < -0.39 is 0 Å². The average molecular weight is 338 g/mol. The summed E-state index contributed by atoms with van der Waals surface area (Å²) in [6.45, 7) is 20.1. The summed E-state index contributed by atoms with van der Waals surface area (Å²) in [7, 11) is 2.25. The van der Waals surface area contributed by atoms with Gasteiger partial charge in [-0.05, 0) is 37.1 Å². The van der Waals surface area contributed by atoms with E-state index in [1.54, 1.807) is 0 Å². The van der Waals surface area contributed by atoms with Gasteiger partial charge in [0.25, 0.3) is 0 Å². The standard InChI is InChI=1S/C21H43N3/c1-6-9-21(4,8-3)14-19(7-2)15-24-17-20(18-24)16-23-12-10-22(5)11-13-23/h19-20H,6-18H2,1-5H3. The minimum absolute atomic E-state index is 0.569. The zero-order chi connectivity index (χ0) is 17.6. The molecule has 2 heterocycles. The molecular weight excluding hydrogens is 294 g/mol. The molecule has 0 radical (unpaired) electrons. The van der Waals surface area contributed by atoms with Crippen LogP contribution in [-0.2, 0) is 0 Å². The van der Waals surface area contributed by atoms with Gasteiger partial charge in [-0.3, -0.25) is 0 Å². The van der Waals surface area contributed by atoms with Crippen LogP contribution in [0.2, 0.25) is 0 Å². The van der Waals surface area contributed by atoms with Gasteiger partial charge in [0.15, 0.2) is 0 Å². The summed E-state index contributed by atoms with van der Waals surface area (Å²) in [5.74, 6) is 1.82. The highest BCUT2D eigenvalue weighted by Crippen LogP contribution is 2.36. The van der Waals surface area contributed by atoms with Gasteiger partial charge in [0, 0.05) is 52.4 Å². The Morgan fingerprint density at radius 2 is 1.67 bits per heavy atom. The van der Waals surface area contributed by atoms with Gasteiger partial charge in [0.05, 0.1) is 0 Å². The van der Waals surface area contributed by atoms with Crippen molar-refractivity contribution in [2.24, 2.45) is 17.3 Å². The maximum Gasteiger partial charge on any atom is 0.0110 e. The van der Waals surface area contributed by atoms with E-state index in [0.717, 1.165) is 11.8 Å². The average Bonchev–Trinajstić information content (AvgIpc) is 2.54. The van der Waals surface area contributed by atoms with Crippen molar-refractivity contribution in [2.45, 2.75) is 59.8 Å². The summed E-state index contributed by atoms with van der Waals surface area (Å²) < 4.78 is 0. The molecule has 142 valence electrons. The summed E-state index contributed by atoms with van der Waals surface area (Å²) in [6, 6.07) is 0. The van der Waals surface area contributed by atoms with Crippen molar-refractivity contribution in [1.82, 2.24) is 14.7 Å². The predicted octanol–water partition coefficient (Wildman–Crippen LogP) is 3.80. The molecule has 0 amide bonds. The Balaban J connectivity index is 1.67. The fourth-order valence-electron chi connectivity index (χ4n) is 4.76. The zero-order valence-electron chi connectivity index (χ0n) is 17.2. The smallest absolute Gasteiger partial charge is 0.0110 e.